The Morgan fingerprint density at radius 2 is 2.09 bits per heavy atom. The van der Waals surface area contributed by atoms with E-state index in [1.807, 2.05) is 0 Å². The summed E-state index contributed by atoms with van der Waals surface area (Å²) in [6.45, 7) is 0. The Morgan fingerprint density at radius 3 is 2.55 bits per heavy atom. The molecule has 0 saturated heterocycles. The van der Waals surface area contributed by atoms with Gasteiger partial charge in [0.05, 0.1) is 5.02 Å². The maximum absolute atomic E-state index is 12.0. The molecule has 0 atom stereocenters. The number of rotatable bonds is 1. The van der Waals surface area contributed by atoms with Crippen LogP contribution in [0.4, 0.5) is 14.6 Å². The van der Waals surface area contributed by atoms with E-state index in [1.54, 1.807) is 0 Å². The molecule has 0 aliphatic heterocycles. The van der Waals surface area contributed by atoms with Crippen molar-refractivity contribution in [2.75, 3.05) is 5.73 Å². The Labute approximate surface area is 67.0 Å². The third-order valence-corrected chi connectivity index (χ3v) is 1.42. The minimum absolute atomic E-state index is 0.0460. The molecule has 0 aliphatic carbocycles. The summed E-state index contributed by atoms with van der Waals surface area (Å²) in [7, 11) is 0. The fraction of sp³-hybridized carbons (Fsp3) is 0.167. The molecule has 0 radical (unpaired) electrons. The Hall–Kier alpha value is -0.900. The van der Waals surface area contributed by atoms with Crippen LogP contribution in [0.5, 0.6) is 0 Å². The molecule has 1 aromatic rings. The minimum Gasteiger partial charge on any atom is -0.384 e. The average Bonchev–Trinajstić information content (AvgIpc) is 1.94. The van der Waals surface area contributed by atoms with Gasteiger partial charge in [-0.25, -0.2) is 13.8 Å². The molecule has 1 rings (SSSR count). The van der Waals surface area contributed by atoms with Crippen LogP contribution in [-0.2, 0) is 0 Å². The van der Waals surface area contributed by atoms with Crippen LogP contribution in [0.2, 0.25) is 5.02 Å². The first-order chi connectivity index (χ1) is 5.11. The molecule has 0 spiro atoms. The van der Waals surface area contributed by atoms with E-state index in [9.17, 15) is 8.78 Å². The predicted molar refractivity (Wildman–Crippen MR) is 38.6 cm³/mol. The van der Waals surface area contributed by atoms with Crippen LogP contribution in [0.3, 0.4) is 0 Å². The van der Waals surface area contributed by atoms with Gasteiger partial charge in [0.2, 0.25) is 0 Å². The van der Waals surface area contributed by atoms with Gasteiger partial charge in [-0.2, -0.15) is 0 Å². The lowest BCUT2D eigenvalue weighted by atomic mass is 10.3. The SMILES string of the molecule is Nc1ccc(Cl)c(C(F)F)n1. The van der Waals surface area contributed by atoms with Crippen LogP contribution in [0.1, 0.15) is 12.1 Å². The minimum atomic E-state index is -2.68. The second-order valence-corrected chi connectivity index (χ2v) is 2.31. The highest BCUT2D eigenvalue weighted by atomic mass is 35.5. The van der Waals surface area contributed by atoms with Crippen molar-refractivity contribution in [3.05, 3.63) is 22.8 Å². The van der Waals surface area contributed by atoms with Gasteiger partial charge in [-0.1, -0.05) is 11.6 Å². The number of hydrogen-bond acceptors (Lipinski definition) is 2. The highest BCUT2D eigenvalue weighted by molar-refractivity contribution is 6.31. The predicted octanol–water partition coefficient (Wildman–Crippen LogP) is 2.25. The number of aromatic nitrogens is 1. The van der Waals surface area contributed by atoms with Crippen molar-refractivity contribution in [1.29, 1.82) is 0 Å². The molecular formula is C6H5ClF2N2. The zero-order valence-electron chi connectivity index (χ0n) is 5.39. The lowest BCUT2D eigenvalue weighted by molar-refractivity contribution is 0.146. The third-order valence-electron chi connectivity index (χ3n) is 1.10. The average molecular weight is 179 g/mol. The van der Waals surface area contributed by atoms with Gasteiger partial charge < -0.3 is 5.73 Å². The molecule has 60 valence electrons. The van der Waals surface area contributed by atoms with Gasteiger partial charge in [-0.15, -0.1) is 0 Å². The highest BCUT2D eigenvalue weighted by Crippen LogP contribution is 2.25. The van der Waals surface area contributed by atoms with Crippen LogP contribution >= 0.6 is 11.6 Å². The van der Waals surface area contributed by atoms with Crippen molar-refractivity contribution >= 4 is 17.4 Å². The lowest BCUT2D eigenvalue weighted by Crippen LogP contribution is -1.96. The van der Waals surface area contributed by atoms with Gasteiger partial charge in [0.15, 0.2) is 0 Å². The summed E-state index contributed by atoms with van der Waals surface area (Å²) in [5, 5.41) is -0.0609. The van der Waals surface area contributed by atoms with Crippen molar-refractivity contribution < 1.29 is 8.78 Å². The molecule has 1 heterocycles. The quantitative estimate of drug-likeness (QED) is 0.717. The number of nitrogen functional groups attached to an aromatic ring is 1. The van der Waals surface area contributed by atoms with Crippen LogP contribution < -0.4 is 5.73 Å². The molecule has 0 bridgehead atoms. The van der Waals surface area contributed by atoms with E-state index in [0.717, 1.165) is 0 Å². The summed E-state index contributed by atoms with van der Waals surface area (Å²) in [6.07, 6.45) is -2.68. The van der Waals surface area contributed by atoms with Crippen molar-refractivity contribution in [1.82, 2.24) is 4.98 Å². The second kappa shape index (κ2) is 3.00. The van der Waals surface area contributed by atoms with Gasteiger partial charge in [0.25, 0.3) is 6.43 Å². The fourth-order valence-corrected chi connectivity index (χ4v) is 0.814. The van der Waals surface area contributed by atoms with Crippen molar-refractivity contribution in [3.63, 3.8) is 0 Å². The fourth-order valence-electron chi connectivity index (χ4n) is 0.627. The molecule has 0 aliphatic rings. The summed E-state index contributed by atoms with van der Waals surface area (Å²) in [4.78, 5) is 3.37. The van der Waals surface area contributed by atoms with E-state index in [-0.39, 0.29) is 10.8 Å². The van der Waals surface area contributed by atoms with E-state index >= 15 is 0 Å². The van der Waals surface area contributed by atoms with Gasteiger partial charge in [0.1, 0.15) is 11.5 Å². The van der Waals surface area contributed by atoms with E-state index in [0.29, 0.717) is 0 Å². The molecule has 11 heavy (non-hydrogen) atoms. The lowest BCUT2D eigenvalue weighted by Gasteiger charge is -2.01. The van der Waals surface area contributed by atoms with Gasteiger partial charge in [0, 0.05) is 0 Å². The van der Waals surface area contributed by atoms with Crippen LogP contribution in [0, 0.1) is 0 Å². The number of pyridine rings is 1. The molecule has 0 amide bonds. The van der Waals surface area contributed by atoms with E-state index < -0.39 is 12.1 Å². The topological polar surface area (TPSA) is 38.9 Å². The molecule has 2 nitrogen and oxygen atoms in total. The van der Waals surface area contributed by atoms with Crippen molar-refractivity contribution in [3.8, 4) is 0 Å². The number of anilines is 1. The summed E-state index contributed by atoms with van der Waals surface area (Å²) in [6, 6.07) is 2.67. The molecule has 5 heteroatoms. The summed E-state index contributed by atoms with van der Waals surface area (Å²) >= 11 is 5.39. The normalized spacial score (nSPS) is 10.5. The molecule has 0 saturated carbocycles. The number of alkyl halides is 2. The van der Waals surface area contributed by atoms with E-state index in [4.69, 9.17) is 17.3 Å². The van der Waals surface area contributed by atoms with Gasteiger partial charge in [-0.05, 0) is 12.1 Å². The molecule has 0 aromatic carbocycles. The third kappa shape index (κ3) is 1.77. The Morgan fingerprint density at radius 1 is 1.45 bits per heavy atom. The zero-order chi connectivity index (χ0) is 8.43. The van der Waals surface area contributed by atoms with E-state index in [2.05, 4.69) is 4.98 Å². The smallest absolute Gasteiger partial charge is 0.281 e. The molecular weight excluding hydrogens is 174 g/mol. The monoisotopic (exact) mass is 178 g/mol. The largest absolute Gasteiger partial charge is 0.384 e. The number of halogens is 3. The Bertz CT molecular complexity index is 265. The van der Waals surface area contributed by atoms with Crippen LogP contribution in [-0.4, -0.2) is 4.98 Å². The van der Waals surface area contributed by atoms with Crippen molar-refractivity contribution in [2.24, 2.45) is 0 Å². The van der Waals surface area contributed by atoms with Crippen LogP contribution in [0.25, 0.3) is 0 Å². The van der Waals surface area contributed by atoms with Gasteiger partial charge in [-0.3, -0.25) is 0 Å². The molecule has 2 N–H and O–H groups in total. The molecule has 0 fully saturated rings. The van der Waals surface area contributed by atoms with Crippen LogP contribution in [0.15, 0.2) is 12.1 Å². The maximum Gasteiger partial charge on any atom is 0.281 e. The molecule has 0 unspecified atom stereocenters. The number of nitrogens with two attached hydrogens (primary N) is 1. The first-order valence-corrected chi connectivity index (χ1v) is 3.19. The standard InChI is InChI=1S/C6H5ClF2N2/c7-3-1-2-4(10)11-5(3)6(8)9/h1-2,6H,(H2,10,11). The highest BCUT2D eigenvalue weighted by Gasteiger charge is 2.13. The van der Waals surface area contributed by atoms with E-state index in [1.165, 1.54) is 12.1 Å². The first-order valence-electron chi connectivity index (χ1n) is 2.81. The summed E-state index contributed by atoms with van der Waals surface area (Å²) in [5.41, 5.74) is 4.70. The number of nitrogens with zero attached hydrogens (tertiary/aromatic N) is 1. The number of hydrogen-bond donors (Lipinski definition) is 1. The zero-order valence-corrected chi connectivity index (χ0v) is 6.15. The Kier molecular flexibility index (Phi) is 2.24. The summed E-state index contributed by atoms with van der Waals surface area (Å²) < 4.78 is 24.0. The summed E-state index contributed by atoms with van der Waals surface area (Å²) in [5.74, 6) is 0.0460. The maximum atomic E-state index is 12.0. The first kappa shape index (κ1) is 8.20. The second-order valence-electron chi connectivity index (χ2n) is 1.90. The van der Waals surface area contributed by atoms with Crippen molar-refractivity contribution in [2.45, 2.75) is 6.43 Å². The molecule has 1 aromatic heterocycles. The Balaban J connectivity index is 3.13. The van der Waals surface area contributed by atoms with Gasteiger partial charge >= 0.3 is 0 Å².